The first kappa shape index (κ1) is 17.8. The number of aryl methyl sites for hydroxylation is 1. The van der Waals surface area contributed by atoms with Gasteiger partial charge in [0.1, 0.15) is 6.61 Å². The van der Waals surface area contributed by atoms with Crippen LogP contribution in [0, 0.1) is 0 Å². The first-order valence-electron chi connectivity index (χ1n) is 8.48. The van der Waals surface area contributed by atoms with Crippen molar-refractivity contribution in [2.75, 3.05) is 6.54 Å². The van der Waals surface area contributed by atoms with Gasteiger partial charge in [-0.25, -0.2) is 4.79 Å². The van der Waals surface area contributed by atoms with Crippen molar-refractivity contribution in [2.45, 2.75) is 32.8 Å². The number of rotatable bonds is 8. The third kappa shape index (κ3) is 6.69. The molecule has 2 aromatic carbocycles. The van der Waals surface area contributed by atoms with E-state index in [1.807, 2.05) is 30.3 Å². The third-order valence-corrected chi connectivity index (χ3v) is 3.62. The number of nitrogens with one attached hydrogen (secondary N) is 1. The van der Waals surface area contributed by atoms with Gasteiger partial charge in [-0.2, -0.15) is 0 Å². The Kier molecular flexibility index (Phi) is 7.61. The van der Waals surface area contributed by atoms with Crippen LogP contribution in [-0.2, 0) is 17.8 Å². The van der Waals surface area contributed by atoms with Crippen molar-refractivity contribution in [3.63, 3.8) is 0 Å². The van der Waals surface area contributed by atoms with Gasteiger partial charge in [-0.3, -0.25) is 0 Å². The van der Waals surface area contributed by atoms with E-state index >= 15 is 0 Å². The fourth-order valence-corrected chi connectivity index (χ4v) is 2.34. The van der Waals surface area contributed by atoms with Crippen molar-refractivity contribution >= 4 is 12.2 Å². The van der Waals surface area contributed by atoms with Gasteiger partial charge >= 0.3 is 6.09 Å². The lowest BCUT2D eigenvalue weighted by atomic mass is 10.1. The van der Waals surface area contributed by atoms with Gasteiger partial charge in [-0.05, 0) is 29.5 Å². The lowest BCUT2D eigenvalue weighted by molar-refractivity contribution is 0.140. The van der Waals surface area contributed by atoms with Crippen LogP contribution in [0.4, 0.5) is 4.79 Å². The average molecular weight is 323 g/mol. The van der Waals surface area contributed by atoms with Crippen molar-refractivity contribution in [1.29, 1.82) is 0 Å². The molecule has 1 amide bonds. The van der Waals surface area contributed by atoms with Crippen LogP contribution < -0.4 is 5.32 Å². The predicted octanol–water partition coefficient (Wildman–Crippen LogP) is 4.97. The monoisotopic (exact) mass is 323 g/mol. The summed E-state index contributed by atoms with van der Waals surface area (Å²) in [5.74, 6) is 0. The summed E-state index contributed by atoms with van der Waals surface area (Å²) in [7, 11) is 0. The maximum absolute atomic E-state index is 11.6. The fourth-order valence-electron chi connectivity index (χ4n) is 2.34. The maximum atomic E-state index is 11.6. The lowest BCUT2D eigenvalue weighted by Gasteiger charge is -2.05. The Morgan fingerprint density at radius 3 is 2.50 bits per heavy atom. The Bertz CT molecular complexity index is 633. The maximum Gasteiger partial charge on any atom is 0.407 e. The SMILES string of the molecule is CCCc1ccc(C=CCCNC(=O)OCc2ccccc2)cc1. The first-order valence-corrected chi connectivity index (χ1v) is 8.48. The molecule has 0 saturated carbocycles. The van der Waals surface area contributed by atoms with Crippen molar-refractivity contribution in [3.05, 3.63) is 77.4 Å². The molecule has 0 aliphatic rings. The van der Waals surface area contributed by atoms with Gasteiger partial charge in [0.25, 0.3) is 0 Å². The van der Waals surface area contributed by atoms with Crippen LogP contribution in [-0.4, -0.2) is 12.6 Å². The van der Waals surface area contributed by atoms with Crippen LogP contribution in [0.2, 0.25) is 0 Å². The van der Waals surface area contributed by atoms with E-state index in [9.17, 15) is 4.79 Å². The van der Waals surface area contributed by atoms with E-state index in [2.05, 4.69) is 48.7 Å². The Hall–Kier alpha value is -2.55. The number of amides is 1. The number of hydrogen-bond donors (Lipinski definition) is 1. The highest BCUT2D eigenvalue weighted by Gasteiger charge is 2.00. The fraction of sp³-hybridized carbons (Fsp3) is 0.286. The Morgan fingerprint density at radius 2 is 1.79 bits per heavy atom. The summed E-state index contributed by atoms with van der Waals surface area (Å²) in [5.41, 5.74) is 3.54. The summed E-state index contributed by atoms with van der Waals surface area (Å²) in [6, 6.07) is 18.3. The van der Waals surface area contributed by atoms with E-state index in [1.165, 1.54) is 17.5 Å². The molecule has 24 heavy (non-hydrogen) atoms. The molecule has 0 bridgehead atoms. The zero-order chi connectivity index (χ0) is 17.0. The van der Waals surface area contributed by atoms with Crippen LogP contribution in [0.1, 0.15) is 36.5 Å². The molecular weight excluding hydrogens is 298 g/mol. The molecular formula is C21H25NO2. The molecule has 0 heterocycles. The van der Waals surface area contributed by atoms with Gasteiger partial charge in [0.15, 0.2) is 0 Å². The topological polar surface area (TPSA) is 38.3 Å². The highest BCUT2D eigenvalue weighted by atomic mass is 16.5. The molecule has 0 spiro atoms. The minimum atomic E-state index is -0.379. The predicted molar refractivity (Wildman–Crippen MR) is 98.7 cm³/mol. The van der Waals surface area contributed by atoms with Gasteiger partial charge in [0, 0.05) is 6.54 Å². The summed E-state index contributed by atoms with van der Waals surface area (Å²) < 4.78 is 5.15. The normalized spacial score (nSPS) is 10.7. The van der Waals surface area contributed by atoms with Crippen molar-refractivity contribution in [1.82, 2.24) is 5.32 Å². The quantitative estimate of drug-likeness (QED) is 0.697. The largest absolute Gasteiger partial charge is 0.445 e. The van der Waals surface area contributed by atoms with Crippen LogP contribution >= 0.6 is 0 Å². The summed E-state index contributed by atoms with van der Waals surface area (Å²) in [6.45, 7) is 3.05. The number of benzene rings is 2. The van der Waals surface area contributed by atoms with E-state index < -0.39 is 0 Å². The van der Waals surface area contributed by atoms with Crippen LogP contribution in [0.3, 0.4) is 0 Å². The molecule has 0 fully saturated rings. The van der Waals surface area contributed by atoms with Crippen molar-refractivity contribution in [3.8, 4) is 0 Å². The summed E-state index contributed by atoms with van der Waals surface area (Å²) in [6.07, 6.45) is 6.83. The van der Waals surface area contributed by atoms with Gasteiger partial charge < -0.3 is 10.1 Å². The summed E-state index contributed by atoms with van der Waals surface area (Å²) in [4.78, 5) is 11.6. The molecule has 0 unspecified atom stereocenters. The zero-order valence-electron chi connectivity index (χ0n) is 14.2. The molecule has 126 valence electrons. The Labute approximate surface area is 144 Å². The van der Waals surface area contributed by atoms with Crippen LogP contribution in [0.5, 0.6) is 0 Å². The molecule has 0 radical (unpaired) electrons. The smallest absolute Gasteiger partial charge is 0.407 e. The van der Waals surface area contributed by atoms with E-state index in [0.29, 0.717) is 13.2 Å². The minimum Gasteiger partial charge on any atom is -0.445 e. The molecule has 0 atom stereocenters. The molecule has 3 heteroatoms. The van der Waals surface area contributed by atoms with Crippen LogP contribution in [0.25, 0.3) is 6.08 Å². The molecule has 0 aromatic heterocycles. The molecule has 0 saturated heterocycles. The Morgan fingerprint density at radius 1 is 1.04 bits per heavy atom. The highest BCUT2D eigenvalue weighted by Crippen LogP contribution is 2.08. The molecule has 3 nitrogen and oxygen atoms in total. The molecule has 0 aliphatic carbocycles. The molecule has 0 aliphatic heterocycles. The van der Waals surface area contributed by atoms with Gasteiger partial charge in [-0.1, -0.05) is 80.1 Å². The highest BCUT2D eigenvalue weighted by molar-refractivity contribution is 5.67. The summed E-state index contributed by atoms with van der Waals surface area (Å²) >= 11 is 0. The first-order chi connectivity index (χ1) is 11.8. The lowest BCUT2D eigenvalue weighted by Crippen LogP contribution is -2.24. The molecule has 1 N–H and O–H groups in total. The second kappa shape index (κ2) is 10.3. The van der Waals surface area contributed by atoms with E-state index in [4.69, 9.17) is 4.74 Å². The number of ether oxygens (including phenoxy) is 1. The second-order valence-electron chi connectivity index (χ2n) is 5.67. The minimum absolute atomic E-state index is 0.298. The van der Waals surface area contributed by atoms with Crippen molar-refractivity contribution < 1.29 is 9.53 Å². The van der Waals surface area contributed by atoms with Gasteiger partial charge in [0.05, 0.1) is 0 Å². The molecule has 2 rings (SSSR count). The van der Waals surface area contributed by atoms with E-state index in [1.54, 1.807) is 0 Å². The molecule has 2 aromatic rings. The number of carbonyl (C=O) groups is 1. The zero-order valence-corrected chi connectivity index (χ0v) is 14.2. The summed E-state index contributed by atoms with van der Waals surface area (Å²) in [5, 5.41) is 2.75. The van der Waals surface area contributed by atoms with E-state index in [-0.39, 0.29) is 6.09 Å². The average Bonchev–Trinajstić information content (AvgIpc) is 2.62. The standard InChI is InChI=1S/C21H25NO2/c1-2-8-18-12-14-19(15-13-18)9-6-7-16-22-21(23)24-17-20-10-4-3-5-11-20/h3-6,9-15H,2,7-8,16-17H2,1H3,(H,22,23). The third-order valence-electron chi connectivity index (χ3n) is 3.62. The van der Waals surface area contributed by atoms with Crippen molar-refractivity contribution in [2.24, 2.45) is 0 Å². The number of hydrogen-bond acceptors (Lipinski definition) is 2. The number of carbonyl (C=O) groups excluding carboxylic acids is 1. The van der Waals surface area contributed by atoms with E-state index in [0.717, 1.165) is 18.4 Å². The second-order valence-corrected chi connectivity index (χ2v) is 5.67. The van der Waals surface area contributed by atoms with Gasteiger partial charge in [0.2, 0.25) is 0 Å². The van der Waals surface area contributed by atoms with Crippen LogP contribution in [0.15, 0.2) is 60.7 Å². The van der Waals surface area contributed by atoms with Gasteiger partial charge in [-0.15, -0.1) is 0 Å². The number of alkyl carbamates (subject to hydrolysis) is 1. The Balaban J connectivity index is 1.62.